The van der Waals surface area contributed by atoms with Crippen LogP contribution in [0.2, 0.25) is 0 Å². The molecule has 0 aliphatic rings. The number of nitrogens with zero attached hydrogens (tertiary/aromatic N) is 3. The number of methoxy groups -OCH3 is 1. The van der Waals surface area contributed by atoms with E-state index < -0.39 is 0 Å². The highest BCUT2D eigenvalue weighted by Gasteiger charge is 2.18. The van der Waals surface area contributed by atoms with E-state index in [2.05, 4.69) is 11.1 Å². The third-order valence-corrected chi connectivity index (χ3v) is 5.33. The van der Waals surface area contributed by atoms with Crippen LogP contribution in [-0.4, -0.2) is 24.6 Å². The smallest absolute Gasteiger partial charge is 0.227 e. The van der Waals surface area contributed by atoms with Crippen LogP contribution < -0.4 is 14.4 Å². The average molecular weight is 440 g/mol. The quantitative estimate of drug-likeness (QED) is 0.445. The summed E-state index contributed by atoms with van der Waals surface area (Å²) in [4.78, 5) is 19.0. The van der Waals surface area contributed by atoms with Gasteiger partial charge >= 0.3 is 0 Å². The Morgan fingerprint density at radius 1 is 1.23 bits per heavy atom. The van der Waals surface area contributed by atoms with Gasteiger partial charge in [0.1, 0.15) is 5.82 Å². The highest BCUT2D eigenvalue weighted by atomic mass is 32.1. The van der Waals surface area contributed by atoms with Gasteiger partial charge in [-0.25, -0.2) is 9.37 Å². The molecule has 0 saturated heterocycles. The molecule has 3 rings (SSSR count). The van der Waals surface area contributed by atoms with Crippen LogP contribution in [0.15, 0.2) is 47.8 Å². The van der Waals surface area contributed by atoms with Crippen molar-refractivity contribution in [3.63, 3.8) is 0 Å². The molecule has 0 saturated carbocycles. The van der Waals surface area contributed by atoms with E-state index in [1.165, 1.54) is 30.6 Å². The van der Waals surface area contributed by atoms with Crippen molar-refractivity contribution < 1.29 is 18.7 Å². The van der Waals surface area contributed by atoms with Crippen LogP contribution in [0.4, 0.5) is 10.1 Å². The Hall–Kier alpha value is -3.44. The largest absolute Gasteiger partial charge is 0.493 e. The number of hydrogen-bond acceptors (Lipinski definition) is 6. The van der Waals surface area contributed by atoms with E-state index in [0.29, 0.717) is 42.3 Å². The molecular weight excluding hydrogens is 417 g/mol. The van der Waals surface area contributed by atoms with Gasteiger partial charge in [0.2, 0.25) is 5.91 Å². The van der Waals surface area contributed by atoms with Crippen molar-refractivity contribution in [2.75, 3.05) is 18.6 Å². The number of anilines is 1. The number of nitriles is 1. The molecule has 0 aliphatic carbocycles. The third kappa shape index (κ3) is 6.03. The molecule has 6 nitrogen and oxygen atoms in total. The van der Waals surface area contributed by atoms with Gasteiger partial charge in [-0.2, -0.15) is 5.26 Å². The van der Waals surface area contributed by atoms with Gasteiger partial charge in [0.25, 0.3) is 0 Å². The van der Waals surface area contributed by atoms with Crippen LogP contribution in [-0.2, 0) is 11.3 Å². The molecule has 160 valence electrons. The second-order valence-electron chi connectivity index (χ2n) is 6.74. The summed E-state index contributed by atoms with van der Waals surface area (Å²) in [5.41, 5.74) is 1.89. The standard InChI is InChI=1S/C23H22FN3O3S/c1-16-26-19(15-31-16)14-27(20-8-6-18(24)7-9-20)23(28)4-3-11-30-21-10-5-17(13-25)12-22(21)29-2/h5-10,12,15H,3-4,11,14H2,1-2H3. The zero-order valence-corrected chi connectivity index (χ0v) is 18.1. The molecule has 0 fully saturated rings. The highest BCUT2D eigenvalue weighted by molar-refractivity contribution is 7.09. The number of rotatable bonds is 9. The molecule has 8 heteroatoms. The van der Waals surface area contributed by atoms with Crippen LogP contribution in [0.25, 0.3) is 0 Å². The van der Waals surface area contributed by atoms with Crippen molar-refractivity contribution in [1.82, 2.24) is 4.98 Å². The molecule has 31 heavy (non-hydrogen) atoms. The van der Waals surface area contributed by atoms with Crippen molar-refractivity contribution in [1.29, 1.82) is 5.26 Å². The number of thiazole rings is 1. The SMILES string of the molecule is COc1cc(C#N)ccc1OCCCC(=O)N(Cc1csc(C)n1)c1ccc(F)cc1. The van der Waals surface area contributed by atoms with Gasteiger partial charge in [-0.15, -0.1) is 11.3 Å². The predicted molar refractivity (Wildman–Crippen MR) is 117 cm³/mol. The van der Waals surface area contributed by atoms with Gasteiger partial charge in [-0.1, -0.05) is 0 Å². The van der Waals surface area contributed by atoms with E-state index in [4.69, 9.17) is 14.7 Å². The molecule has 0 atom stereocenters. The zero-order chi connectivity index (χ0) is 22.2. The molecule has 0 unspecified atom stereocenters. The molecule has 1 amide bonds. The number of halogens is 1. The molecule has 0 spiro atoms. The van der Waals surface area contributed by atoms with E-state index in [1.807, 2.05) is 12.3 Å². The third-order valence-electron chi connectivity index (χ3n) is 4.51. The molecular formula is C23H22FN3O3S. The maximum Gasteiger partial charge on any atom is 0.227 e. The molecule has 0 aliphatic heterocycles. The fourth-order valence-corrected chi connectivity index (χ4v) is 3.59. The molecule has 0 radical (unpaired) electrons. The fourth-order valence-electron chi connectivity index (χ4n) is 2.98. The number of aromatic nitrogens is 1. The van der Waals surface area contributed by atoms with Gasteiger partial charge in [-0.05, 0) is 49.7 Å². The van der Waals surface area contributed by atoms with Crippen molar-refractivity contribution in [2.45, 2.75) is 26.3 Å². The number of carbonyl (C=O) groups excluding carboxylic acids is 1. The summed E-state index contributed by atoms with van der Waals surface area (Å²) >= 11 is 1.52. The van der Waals surface area contributed by atoms with Crippen molar-refractivity contribution >= 4 is 22.9 Å². The number of amides is 1. The summed E-state index contributed by atoms with van der Waals surface area (Å²) in [5.74, 6) is 0.526. The Morgan fingerprint density at radius 2 is 2.00 bits per heavy atom. The van der Waals surface area contributed by atoms with Gasteiger partial charge in [-0.3, -0.25) is 4.79 Å². The van der Waals surface area contributed by atoms with Crippen LogP contribution in [0.5, 0.6) is 11.5 Å². The van der Waals surface area contributed by atoms with Crippen LogP contribution in [0.3, 0.4) is 0 Å². The van der Waals surface area contributed by atoms with Gasteiger partial charge in [0.05, 0.1) is 42.6 Å². The lowest BCUT2D eigenvalue weighted by molar-refractivity contribution is -0.119. The van der Waals surface area contributed by atoms with Crippen LogP contribution in [0, 0.1) is 24.1 Å². The normalized spacial score (nSPS) is 10.4. The van der Waals surface area contributed by atoms with E-state index in [9.17, 15) is 9.18 Å². The number of carbonyl (C=O) groups is 1. The Morgan fingerprint density at radius 3 is 2.65 bits per heavy atom. The van der Waals surface area contributed by atoms with E-state index >= 15 is 0 Å². The van der Waals surface area contributed by atoms with Crippen LogP contribution >= 0.6 is 11.3 Å². The van der Waals surface area contributed by atoms with Crippen molar-refractivity contribution in [3.8, 4) is 17.6 Å². The Kier molecular flexibility index (Phi) is 7.57. The summed E-state index contributed by atoms with van der Waals surface area (Å²) in [7, 11) is 1.51. The lowest BCUT2D eigenvalue weighted by atomic mass is 10.2. The number of ether oxygens (including phenoxy) is 2. The van der Waals surface area contributed by atoms with E-state index in [0.717, 1.165) is 10.7 Å². The van der Waals surface area contributed by atoms with E-state index in [1.54, 1.807) is 35.2 Å². The lowest BCUT2D eigenvalue weighted by Crippen LogP contribution is -2.30. The predicted octanol–water partition coefficient (Wildman–Crippen LogP) is 4.86. The Balaban J connectivity index is 1.62. The number of benzene rings is 2. The summed E-state index contributed by atoms with van der Waals surface area (Å²) < 4.78 is 24.3. The minimum absolute atomic E-state index is 0.104. The van der Waals surface area contributed by atoms with Gasteiger partial charge in [0, 0.05) is 23.6 Å². The average Bonchev–Trinajstić information content (AvgIpc) is 3.20. The van der Waals surface area contributed by atoms with E-state index in [-0.39, 0.29) is 18.1 Å². The van der Waals surface area contributed by atoms with Gasteiger partial charge < -0.3 is 14.4 Å². The lowest BCUT2D eigenvalue weighted by Gasteiger charge is -2.22. The summed E-state index contributed by atoms with van der Waals surface area (Å²) in [6.45, 7) is 2.53. The zero-order valence-electron chi connectivity index (χ0n) is 17.3. The van der Waals surface area contributed by atoms with Crippen molar-refractivity contribution in [3.05, 3.63) is 69.9 Å². The minimum Gasteiger partial charge on any atom is -0.493 e. The first kappa shape index (κ1) is 22.2. The number of hydrogen-bond donors (Lipinski definition) is 0. The molecule has 0 N–H and O–H groups in total. The summed E-state index contributed by atoms with van der Waals surface area (Å²) in [6, 6.07) is 12.8. The van der Waals surface area contributed by atoms with Crippen molar-refractivity contribution in [2.24, 2.45) is 0 Å². The highest BCUT2D eigenvalue weighted by Crippen LogP contribution is 2.28. The monoisotopic (exact) mass is 439 g/mol. The fraction of sp³-hybridized carbons (Fsp3) is 0.261. The first-order valence-corrected chi connectivity index (χ1v) is 10.6. The van der Waals surface area contributed by atoms with Gasteiger partial charge in [0.15, 0.2) is 11.5 Å². The molecule has 2 aromatic carbocycles. The second kappa shape index (κ2) is 10.5. The molecule has 1 aromatic heterocycles. The Labute approximate surface area is 184 Å². The number of aryl methyl sites for hydroxylation is 1. The Bertz CT molecular complexity index is 1080. The molecule has 3 aromatic rings. The first-order chi connectivity index (χ1) is 15.0. The summed E-state index contributed by atoms with van der Waals surface area (Å²) in [6.07, 6.45) is 0.731. The summed E-state index contributed by atoms with van der Waals surface area (Å²) in [5, 5.41) is 11.8. The molecule has 1 heterocycles. The first-order valence-electron chi connectivity index (χ1n) is 9.68. The maximum absolute atomic E-state index is 13.3. The maximum atomic E-state index is 13.3. The van der Waals surface area contributed by atoms with Crippen LogP contribution in [0.1, 0.15) is 29.1 Å². The second-order valence-corrected chi connectivity index (χ2v) is 7.81. The minimum atomic E-state index is -0.356. The topological polar surface area (TPSA) is 75.5 Å². The molecule has 0 bridgehead atoms.